The molecule has 1 atom stereocenters. The molecule has 1 N–H and O–H groups in total. The summed E-state index contributed by atoms with van der Waals surface area (Å²) in [6.45, 7) is 2.25. The molecule has 1 aromatic rings. The first-order valence-corrected chi connectivity index (χ1v) is 6.91. The predicted octanol–water partition coefficient (Wildman–Crippen LogP) is 3.34. The van der Waals surface area contributed by atoms with Crippen LogP contribution >= 0.6 is 0 Å². The molecule has 3 nitrogen and oxygen atoms in total. The molecule has 0 amide bonds. The lowest BCUT2D eigenvalue weighted by Gasteiger charge is -2.14. The van der Waals surface area contributed by atoms with Gasteiger partial charge in [-0.3, -0.25) is 0 Å². The second kappa shape index (κ2) is 4.63. The Bertz CT molecular complexity index is 383. The lowest BCUT2D eigenvalue weighted by Crippen LogP contribution is -2.16. The van der Waals surface area contributed by atoms with Gasteiger partial charge in [0.1, 0.15) is 11.6 Å². The minimum atomic E-state index is 0.526. The van der Waals surface area contributed by atoms with Crippen LogP contribution in [-0.2, 0) is 0 Å². The van der Waals surface area contributed by atoms with Crippen LogP contribution in [0.15, 0.2) is 12.3 Å². The Balaban J connectivity index is 1.53. The summed E-state index contributed by atoms with van der Waals surface area (Å²) in [6.07, 6.45) is 9.94. The fraction of sp³-hybridized carbons (Fsp3) is 0.714. The molecule has 3 heteroatoms. The average Bonchev–Trinajstić information content (AvgIpc) is 3.17. The molecule has 17 heavy (non-hydrogen) atoms. The Hall–Kier alpha value is -1.12. The third kappa shape index (κ3) is 3.18. The number of hydrogen-bond donors (Lipinski definition) is 1. The Kier molecular flexibility index (Phi) is 3.00. The summed E-state index contributed by atoms with van der Waals surface area (Å²) in [5.41, 5.74) is 0. The number of anilines is 1. The standard InChI is InChI=1S/C14H21N3/c1-10(2-3-11-4-5-11)16-13-8-9-15-14(17-13)12-6-7-12/h8-12H,2-7H2,1H3,(H,15,16,17). The lowest BCUT2D eigenvalue weighted by molar-refractivity contribution is 0.608. The summed E-state index contributed by atoms with van der Waals surface area (Å²) in [7, 11) is 0. The van der Waals surface area contributed by atoms with Gasteiger partial charge >= 0.3 is 0 Å². The smallest absolute Gasteiger partial charge is 0.133 e. The molecule has 1 unspecified atom stereocenters. The summed E-state index contributed by atoms with van der Waals surface area (Å²) in [5.74, 6) is 3.69. The van der Waals surface area contributed by atoms with Gasteiger partial charge in [-0.2, -0.15) is 0 Å². The maximum absolute atomic E-state index is 4.60. The third-order valence-corrected chi connectivity index (χ3v) is 3.72. The highest BCUT2D eigenvalue weighted by Crippen LogP contribution is 2.38. The zero-order valence-electron chi connectivity index (χ0n) is 10.5. The molecular weight excluding hydrogens is 210 g/mol. The van der Waals surface area contributed by atoms with Crippen molar-refractivity contribution < 1.29 is 0 Å². The van der Waals surface area contributed by atoms with Gasteiger partial charge in [-0.05, 0) is 44.6 Å². The first kappa shape index (κ1) is 11.0. The maximum atomic E-state index is 4.60. The number of rotatable bonds is 6. The zero-order chi connectivity index (χ0) is 11.7. The number of nitrogens with one attached hydrogen (secondary N) is 1. The van der Waals surface area contributed by atoms with E-state index in [1.807, 2.05) is 12.3 Å². The van der Waals surface area contributed by atoms with Crippen LogP contribution in [0.2, 0.25) is 0 Å². The Morgan fingerprint density at radius 2 is 2.18 bits per heavy atom. The van der Waals surface area contributed by atoms with Gasteiger partial charge in [0.25, 0.3) is 0 Å². The molecule has 1 aromatic heterocycles. The van der Waals surface area contributed by atoms with Crippen LogP contribution in [0.3, 0.4) is 0 Å². The highest BCUT2D eigenvalue weighted by atomic mass is 15.0. The van der Waals surface area contributed by atoms with Gasteiger partial charge < -0.3 is 5.32 Å². The molecule has 2 aliphatic rings. The summed E-state index contributed by atoms with van der Waals surface area (Å²) in [5, 5.41) is 3.50. The first-order valence-electron chi connectivity index (χ1n) is 6.91. The van der Waals surface area contributed by atoms with Crippen LogP contribution in [-0.4, -0.2) is 16.0 Å². The average molecular weight is 231 g/mol. The summed E-state index contributed by atoms with van der Waals surface area (Å²) in [6, 6.07) is 2.51. The minimum Gasteiger partial charge on any atom is -0.368 e. The third-order valence-electron chi connectivity index (χ3n) is 3.72. The lowest BCUT2D eigenvalue weighted by atomic mass is 10.1. The van der Waals surface area contributed by atoms with Crippen molar-refractivity contribution in [1.29, 1.82) is 0 Å². The van der Waals surface area contributed by atoms with E-state index in [1.54, 1.807) is 0 Å². The van der Waals surface area contributed by atoms with E-state index in [2.05, 4.69) is 22.2 Å². The maximum Gasteiger partial charge on any atom is 0.133 e. The van der Waals surface area contributed by atoms with Crippen molar-refractivity contribution in [2.75, 3.05) is 5.32 Å². The van der Waals surface area contributed by atoms with Gasteiger partial charge in [0, 0.05) is 18.2 Å². The quantitative estimate of drug-likeness (QED) is 0.816. The number of hydrogen-bond acceptors (Lipinski definition) is 3. The predicted molar refractivity (Wildman–Crippen MR) is 69.0 cm³/mol. The van der Waals surface area contributed by atoms with Crippen molar-refractivity contribution in [2.45, 2.75) is 57.4 Å². The van der Waals surface area contributed by atoms with E-state index in [9.17, 15) is 0 Å². The molecule has 2 aliphatic carbocycles. The SMILES string of the molecule is CC(CCC1CC1)Nc1ccnc(C2CC2)n1. The van der Waals surface area contributed by atoms with E-state index in [1.165, 1.54) is 38.5 Å². The van der Waals surface area contributed by atoms with E-state index in [0.717, 1.165) is 17.6 Å². The van der Waals surface area contributed by atoms with Crippen molar-refractivity contribution >= 4 is 5.82 Å². The molecule has 0 aromatic carbocycles. The normalized spacial score (nSPS) is 21.2. The Morgan fingerprint density at radius 3 is 2.88 bits per heavy atom. The van der Waals surface area contributed by atoms with Crippen molar-refractivity contribution in [3.63, 3.8) is 0 Å². The van der Waals surface area contributed by atoms with E-state index < -0.39 is 0 Å². The van der Waals surface area contributed by atoms with E-state index in [0.29, 0.717) is 12.0 Å². The second-order valence-corrected chi connectivity index (χ2v) is 5.64. The van der Waals surface area contributed by atoms with Gasteiger partial charge in [0.2, 0.25) is 0 Å². The van der Waals surface area contributed by atoms with Gasteiger partial charge in [-0.15, -0.1) is 0 Å². The largest absolute Gasteiger partial charge is 0.368 e. The van der Waals surface area contributed by atoms with Crippen molar-refractivity contribution in [1.82, 2.24) is 9.97 Å². The molecule has 1 heterocycles. The van der Waals surface area contributed by atoms with Crippen LogP contribution < -0.4 is 5.32 Å². The van der Waals surface area contributed by atoms with Gasteiger partial charge in [0.05, 0.1) is 0 Å². The molecule has 0 bridgehead atoms. The van der Waals surface area contributed by atoms with Gasteiger partial charge in [0.15, 0.2) is 0 Å². The highest BCUT2D eigenvalue weighted by molar-refractivity contribution is 5.34. The topological polar surface area (TPSA) is 37.8 Å². The van der Waals surface area contributed by atoms with Crippen LogP contribution in [0.4, 0.5) is 5.82 Å². The van der Waals surface area contributed by atoms with E-state index in [4.69, 9.17) is 0 Å². The van der Waals surface area contributed by atoms with E-state index in [-0.39, 0.29) is 0 Å². The Morgan fingerprint density at radius 1 is 1.35 bits per heavy atom. The van der Waals surface area contributed by atoms with Crippen LogP contribution in [0.5, 0.6) is 0 Å². The zero-order valence-corrected chi connectivity index (χ0v) is 10.5. The molecule has 2 fully saturated rings. The Labute approximate surface area is 103 Å². The minimum absolute atomic E-state index is 0.526. The first-order chi connectivity index (χ1) is 8.31. The molecular formula is C14H21N3. The molecule has 0 aliphatic heterocycles. The fourth-order valence-corrected chi connectivity index (χ4v) is 2.21. The molecule has 0 radical (unpaired) electrons. The fourth-order valence-electron chi connectivity index (χ4n) is 2.21. The molecule has 3 rings (SSSR count). The molecule has 0 spiro atoms. The highest BCUT2D eigenvalue weighted by Gasteiger charge is 2.26. The summed E-state index contributed by atoms with van der Waals surface area (Å²) in [4.78, 5) is 8.94. The van der Waals surface area contributed by atoms with Crippen LogP contribution in [0, 0.1) is 5.92 Å². The monoisotopic (exact) mass is 231 g/mol. The summed E-state index contributed by atoms with van der Waals surface area (Å²) >= 11 is 0. The molecule has 0 saturated heterocycles. The van der Waals surface area contributed by atoms with Crippen LogP contribution in [0.1, 0.15) is 57.2 Å². The van der Waals surface area contributed by atoms with E-state index >= 15 is 0 Å². The molecule has 2 saturated carbocycles. The number of nitrogens with zero attached hydrogens (tertiary/aromatic N) is 2. The van der Waals surface area contributed by atoms with Crippen molar-refractivity contribution in [3.8, 4) is 0 Å². The molecule has 92 valence electrons. The summed E-state index contributed by atoms with van der Waals surface area (Å²) < 4.78 is 0. The van der Waals surface area contributed by atoms with Gasteiger partial charge in [-0.1, -0.05) is 12.8 Å². The van der Waals surface area contributed by atoms with Crippen molar-refractivity contribution in [2.24, 2.45) is 5.92 Å². The van der Waals surface area contributed by atoms with Crippen molar-refractivity contribution in [3.05, 3.63) is 18.1 Å². The van der Waals surface area contributed by atoms with Crippen LogP contribution in [0.25, 0.3) is 0 Å². The number of aromatic nitrogens is 2. The van der Waals surface area contributed by atoms with Gasteiger partial charge in [-0.25, -0.2) is 9.97 Å². The second-order valence-electron chi connectivity index (χ2n) is 5.64.